The zero-order chi connectivity index (χ0) is 15.6. The fourth-order valence-corrected chi connectivity index (χ4v) is 2.62. The van der Waals surface area contributed by atoms with E-state index in [-0.39, 0.29) is 11.9 Å². The van der Waals surface area contributed by atoms with Crippen LogP contribution in [0.5, 0.6) is 0 Å². The number of hydrogen-bond acceptors (Lipinski definition) is 4. The molecule has 0 aliphatic heterocycles. The van der Waals surface area contributed by atoms with E-state index in [4.69, 9.17) is 9.78 Å². The lowest BCUT2D eigenvalue weighted by Crippen LogP contribution is -2.23. The van der Waals surface area contributed by atoms with E-state index in [1.165, 1.54) is 44.9 Å². The maximum absolute atomic E-state index is 12.1. The molecule has 0 aromatic carbocycles. The van der Waals surface area contributed by atoms with Crippen LogP contribution in [0.4, 0.5) is 0 Å². The first-order valence-corrected chi connectivity index (χ1v) is 8.55. The highest BCUT2D eigenvalue weighted by atomic mass is 17.5. The molecular formula is C17H32O4. The Morgan fingerprint density at radius 2 is 1.24 bits per heavy atom. The Hall–Kier alpha value is -0.610. The molecule has 0 aromatic heterocycles. The average molecular weight is 300 g/mol. The van der Waals surface area contributed by atoms with Crippen molar-refractivity contribution in [3.05, 3.63) is 0 Å². The van der Waals surface area contributed by atoms with Gasteiger partial charge in [-0.3, -0.25) is 4.89 Å². The van der Waals surface area contributed by atoms with Crippen LogP contribution in [-0.2, 0) is 19.6 Å². The largest absolute Gasteiger partial charge is 0.348 e. The molecule has 0 N–H and O–H groups in total. The first-order valence-electron chi connectivity index (χ1n) is 8.55. The van der Waals surface area contributed by atoms with E-state index in [9.17, 15) is 4.79 Å². The maximum atomic E-state index is 12.1. The summed E-state index contributed by atoms with van der Waals surface area (Å²) >= 11 is 0. The summed E-state index contributed by atoms with van der Waals surface area (Å²) in [4.78, 5) is 21.9. The summed E-state index contributed by atoms with van der Waals surface area (Å²) in [5, 5.41) is 4.64. The Morgan fingerprint density at radius 3 is 1.67 bits per heavy atom. The molecule has 0 bridgehead atoms. The van der Waals surface area contributed by atoms with Gasteiger partial charge in [0.2, 0.25) is 0 Å². The van der Waals surface area contributed by atoms with Gasteiger partial charge in [-0.2, -0.15) is 4.89 Å². The number of carbonyl (C=O) groups excluding carboxylic acids is 1. The molecule has 124 valence electrons. The monoisotopic (exact) mass is 300 g/mol. The molecule has 1 aliphatic rings. The van der Waals surface area contributed by atoms with Crippen LogP contribution < -0.4 is 0 Å². The van der Waals surface area contributed by atoms with Crippen LogP contribution in [0.3, 0.4) is 0 Å². The number of hydrogen-bond donors (Lipinski definition) is 0. The van der Waals surface area contributed by atoms with Crippen molar-refractivity contribution in [1.29, 1.82) is 0 Å². The van der Waals surface area contributed by atoms with Crippen molar-refractivity contribution in [1.82, 2.24) is 0 Å². The second kappa shape index (κ2) is 10.2. The van der Waals surface area contributed by atoms with E-state index in [0.29, 0.717) is 0 Å². The van der Waals surface area contributed by atoms with Crippen molar-refractivity contribution < 1.29 is 19.6 Å². The molecule has 0 spiro atoms. The second-order valence-corrected chi connectivity index (χ2v) is 7.12. The van der Waals surface area contributed by atoms with Crippen molar-refractivity contribution in [3.8, 4) is 0 Å². The highest BCUT2D eigenvalue weighted by Gasteiger charge is 2.22. The van der Waals surface area contributed by atoms with Gasteiger partial charge in [0, 0.05) is 0 Å². The van der Waals surface area contributed by atoms with Crippen LogP contribution in [0.2, 0.25) is 0 Å². The smallest absolute Gasteiger partial charge is 0.269 e. The van der Waals surface area contributed by atoms with Gasteiger partial charge >= 0.3 is 5.97 Å². The summed E-state index contributed by atoms with van der Waals surface area (Å²) in [6, 6.07) is 0. The summed E-state index contributed by atoms with van der Waals surface area (Å²) in [7, 11) is 0. The summed E-state index contributed by atoms with van der Waals surface area (Å²) in [5.41, 5.74) is -0.479. The summed E-state index contributed by atoms with van der Waals surface area (Å²) in [5.74, 6) is -0.329. The minimum Gasteiger partial charge on any atom is -0.269 e. The first-order chi connectivity index (χ1) is 9.99. The molecule has 4 nitrogen and oxygen atoms in total. The molecule has 1 saturated carbocycles. The predicted molar refractivity (Wildman–Crippen MR) is 82.3 cm³/mol. The lowest BCUT2D eigenvalue weighted by molar-refractivity contribution is -0.515. The van der Waals surface area contributed by atoms with Gasteiger partial charge in [0.25, 0.3) is 0 Å². The fraction of sp³-hybridized carbons (Fsp3) is 0.941. The predicted octanol–water partition coefficient (Wildman–Crippen LogP) is 5.11. The van der Waals surface area contributed by atoms with E-state index in [0.717, 1.165) is 25.7 Å². The number of rotatable bonds is 3. The molecule has 0 aromatic rings. The van der Waals surface area contributed by atoms with Gasteiger partial charge in [0.05, 0.1) is 11.5 Å². The van der Waals surface area contributed by atoms with E-state index in [2.05, 4.69) is 5.04 Å². The van der Waals surface area contributed by atoms with E-state index >= 15 is 0 Å². The van der Waals surface area contributed by atoms with Crippen LogP contribution in [0, 0.1) is 5.92 Å². The quantitative estimate of drug-likeness (QED) is 0.536. The Morgan fingerprint density at radius 1 is 0.810 bits per heavy atom. The van der Waals surface area contributed by atoms with Gasteiger partial charge in [-0.15, -0.1) is 0 Å². The van der Waals surface area contributed by atoms with Gasteiger partial charge < -0.3 is 0 Å². The molecule has 0 heterocycles. The van der Waals surface area contributed by atoms with Crippen LogP contribution in [0.25, 0.3) is 0 Å². The Labute approximate surface area is 129 Å². The third kappa shape index (κ3) is 9.86. The highest BCUT2D eigenvalue weighted by Crippen LogP contribution is 2.22. The van der Waals surface area contributed by atoms with Crippen molar-refractivity contribution >= 4 is 5.97 Å². The third-order valence-corrected chi connectivity index (χ3v) is 3.84. The lowest BCUT2D eigenvalue weighted by atomic mass is 9.93. The van der Waals surface area contributed by atoms with Crippen molar-refractivity contribution in [3.63, 3.8) is 0 Å². The second-order valence-electron chi connectivity index (χ2n) is 7.12. The topological polar surface area (TPSA) is 44.8 Å². The maximum Gasteiger partial charge on any atom is 0.348 e. The van der Waals surface area contributed by atoms with E-state index in [1.54, 1.807) is 0 Å². The normalized spacial score (nSPS) is 20.3. The zero-order valence-electron chi connectivity index (χ0n) is 14.0. The molecule has 4 heteroatoms. The summed E-state index contributed by atoms with van der Waals surface area (Å²) < 4.78 is 0. The molecule has 0 atom stereocenters. The zero-order valence-corrected chi connectivity index (χ0v) is 14.0. The van der Waals surface area contributed by atoms with Crippen molar-refractivity contribution in [2.45, 2.75) is 97.0 Å². The van der Waals surface area contributed by atoms with Gasteiger partial charge in [0.15, 0.2) is 0 Å². The standard InChI is InChI=1S/C17H32O4/c1-17(2,3)20-21-19-16(18)15-13-11-9-7-5-4-6-8-10-12-14-15/h15H,4-14H2,1-3H3. The van der Waals surface area contributed by atoms with E-state index in [1.807, 2.05) is 20.8 Å². The fourth-order valence-electron chi connectivity index (χ4n) is 2.62. The first kappa shape index (κ1) is 18.4. The average Bonchev–Trinajstić information content (AvgIpc) is 2.37. The van der Waals surface area contributed by atoms with Gasteiger partial charge in [-0.05, 0) is 38.7 Å². The van der Waals surface area contributed by atoms with Crippen molar-refractivity contribution in [2.24, 2.45) is 5.92 Å². The minimum absolute atomic E-state index is 0.0482. The van der Waals surface area contributed by atoms with Crippen molar-refractivity contribution in [2.75, 3.05) is 0 Å². The molecule has 0 saturated heterocycles. The number of carbonyl (C=O) groups is 1. The van der Waals surface area contributed by atoms with Crippen LogP contribution in [-0.4, -0.2) is 11.6 Å². The Bertz CT molecular complexity index is 271. The third-order valence-electron chi connectivity index (χ3n) is 3.84. The molecule has 0 amide bonds. The minimum atomic E-state index is -0.479. The Kier molecular flexibility index (Phi) is 8.93. The lowest BCUT2D eigenvalue weighted by Gasteiger charge is -2.18. The molecule has 1 rings (SSSR count). The van der Waals surface area contributed by atoms with Crippen LogP contribution in [0.1, 0.15) is 91.4 Å². The summed E-state index contributed by atoms with van der Waals surface area (Å²) in [6.07, 6.45) is 13.0. The molecule has 0 unspecified atom stereocenters. The van der Waals surface area contributed by atoms with Gasteiger partial charge in [-0.25, -0.2) is 4.79 Å². The van der Waals surface area contributed by atoms with Gasteiger partial charge in [0.1, 0.15) is 0 Å². The van der Waals surface area contributed by atoms with Gasteiger partial charge in [-0.1, -0.05) is 57.8 Å². The molecule has 21 heavy (non-hydrogen) atoms. The SMILES string of the molecule is CC(C)(C)OOOC(=O)C1CCCCCCCCCCC1. The van der Waals surface area contributed by atoms with Crippen LogP contribution >= 0.6 is 0 Å². The van der Waals surface area contributed by atoms with E-state index < -0.39 is 5.60 Å². The Balaban J connectivity index is 2.33. The molecular weight excluding hydrogens is 268 g/mol. The molecule has 1 aliphatic carbocycles. The molecule has 0 radical (unpaired) electrons. The van der Waals surface area contributed by atoms with Crippen LogP contribution in [0.15, 0.2) is 0 Å². The summed E-state index contributed by atoms with van der Waals surface area (Å²) in [6.45, 7) is 5.53. The molecule has 1 fully saturated rings. The highest BCUT2D eigenvalue weighted by molar-refractivity contribution is 5.71.